The smallest absolute Gasteiger partial charge is 0.246 e. The SMILES string of the molecule is COc1ccc(NC(=S)NC(Cc2ccccc2)C(=O)N2CCCC2C(=O)N2CCC(c3noc4cc(F)ccc34)CC2)cc1. The van der Waals surface area contributed by atoms with E-state index in [-0.39, 0.29) is 23.5 Å². The van der Waals surface area contributed by atoms with E-state index in [0.29, 0.717) is 43.2 Å². The molecule has 2 unspecified atom stereocenters. The fourth-order valence-corrected chi connectivity index (χ4v) is 6.61. The van der Waals surface area contributed by atoms with E-state index in [2.05, 4.69) is 15.8 Å². The highest BCUT2D eigenvalue weighted by Gasteiger charge is 2.40. The van der Waals surface area contributed by atoms with Crippen LogP contribution in [0.25, 0.3) is 11.0 Å². The number of carbonyl (C=O) groups is 2. The zero-order valence-electron chi connectivity index (χ0n) is 25.1. The highest BCUT2D eigenvalue weighted by molar-refractivity contribution is 7.80. The second-order valence-corrected chi connectivity index (χ2v) is 12.0. The normalized spacial score (nSPS) is 17.7. The third-order valence-corrected chi connectivity index (χ3v) is 8.93. The molecule has 0 aliphatic carbocycles. The third kappa shape index (κ3) is 6.93. The molecule has 9 nitrogen and oxygen atoms in total. The number of hydrogen-bond donors (Lipinski definition) is 2. The van der Waals surface area contributed by atoms with Crippen LogP contribution in [0.15, 0.2) is 77.3 Å². The van der Waals surface area contributed by atoms with Gasteiger partial charge in [-0.15, -0.1) is 0 Å². The number of aromatic nitrogens is 1. The van der Waals surface area contributed by atoms with Crippen molar-refractivity contribution in [2.24, 2.45) is 0 Å². The van der Waals surface area contributed by atoms with Crippen molar-refractivity contribution >= 4 is 45.8 Å². The molecule has 11 heteroatoms. The van der Waals surface area contributed by atoms with Gasteiger partial charge >= 0.3 is 0 Å². The van der Waals surface area contributed by atoms with Crippen LogP contribution in [-0.4, -0.2) is 70.7 Å². The zero-order chi connectivity index (χ0) is 31.3. The summed E-state index contributed by atoms with van der Waals surface area (Å²) in [7, 11) is 1.61. The minimum absolute atomic E-state index is 0.0243. The summed E-state index contributed by atoms with van der Waals surface area (Å²) >= 11 is 5.62. The first-order valence-corrected chi connectivity index (χ1v) is 15.7. The fourth-order valence-electron chi connectivity index (χ4n) is 6.35. The predicted molar refractivity (Wildman–Crippen MR) is 174 cm³/mol. The van der Waals surface area contributed by atoms with Gasteiger partial charge in [0.05, 0.1) is 12.8 Å². The maximum absolute atomic E-state index is 14.1. The van der Waals surface area contributed by atoms with Crippen molar-refractivity contribution in [3.63, 3.8) is 0 Å². The molecular formula is C34H36FN5O4S. The Bertz CT molecular complexity index is 1660. The summed E-state index contributed by atoms with van der Waals surface area (Å²) in [4.78, 5) is 31.6. The van der Waals surface area contributed by atoms with Crippen molar-refractivity contribution in [3.05, 3.63) is 89.9 Å². The zero-order valence-corrected chi connectivity index (χ0v) is 25.9. The van der Waals surface area contributed by atoms with Gasteiger partial charge in [0, 0.05) is 49.1 Å². The number of likely N-dealkylation sites (tertiary alicyclic amines) is 2. The first-order valence-electron chi connectivity index (χ1n) is 15.3. The van der Waals surface area contributed by atoms with Gasteiger partial charge in [0.25, 0.3) is 0 Å². The number of thiocarbonyl (C=S) groups is 1. The van der Waals surface area contributed by atoms with Crippen LogP contribution in [0.4, 0.5) is 10.1 Å². The maximum atomic E-state index is 14.1. The number of benzene rings is 3. The van der Waals surface area contributed by atoms with Crippen molar-refractivity contribution in [2.45, 2.75) is 50.1 Å². The van der Waals surface area contributed by atoms with Gasteiger partial charge in [0.2, 0.25) is 11.8 Å². The van der Waals surface area contributed by atoms with E-state index >= 15 is 0 Å². The first-order chi connectivity index (χ1) is 21.9. The number of amides is 2. The fraction of sp³-hybridized carbons (Fsp3) is 0.353. The Balaban J connectivity index is 1.12. The minimum Gasteiger partial charge on any atom is -0.497 e. The summed E-state index contributed by atoms with van der Waals surface area (Å²) in [5.41, 5.74) is 3.00. The Morgan fingerprint density at radius 3 is 2.53 bits per heavy atom. The lowest BCUT2D eigenvalue weighted by Crippen LogP contribution is -2.55. The Hall–Kier alpha value is -4.51. The molecule has 2 atom stereocenters. The quantitative estimate of drug-likeness (QED) is 0.255. The van der Waals surface area contributed by atoms with Crippen LogP contribution in [0.3, 0.4) is 0 Å². The van der Waals surface area contributed by atoms with Gasteiger partial charge in [-0.25, -0.2) is 4.39 Å². The number of anilines is 1. The molecule has 6 rings (SSSR count). The lowest BCUT2D eigenvalue weighted by Gasteiger charge is -2.36. The number of fused-ring (bicyclic) bond motifs is 1. The van der Waals surface area contributed by atoms with Gasteiger partial charge in [-0.3, -0.25) is 9.59 Å². The summed E-state index contributed by atoms with van der Waals surface area (Å²) < 4.78 is 24.2. The number of piperidine rings is 1. The van der Waals surface area contributed by atoms with Crippen LogP contribution in [0.1, 0.15) is 42.9 Å². The number of carbonyl (C=O) groups excluding carboxylic acids is 2. The van der Waals surface area contributed by atoms with Gasteiger partial charge in [0.15, 0.2) is 10.7 Å². The molecule has 1 aromatic heterocycles. The van der Waals surface area contributed by atoms with Crippen LogP contribution >= 0.6 is 12.2 Å². The molecule has 2 N–H and O–H groups in total. The largest absolute Gasteiger partial charge is 0.497 e. The standard InChI is InChI=1S/C34H36FN5O4S/c1-43-26-12-10-25(11-13-26)36-34(45)37-28(20-22-6-3-2-4-7-22)32(41)40-17-5-8-29(40)33(42)39-18-15-23(16-19-39)31-27-14-9-24(35)21-30(27)44-38-31/h2-4,6-7,9-14,21,23,28-29H,5,8,15-20H2,1H3,(H2,36,37,45). The third-order valence-electron chi connectivity index (χ3n) is 8.71. The summed E-state index contributed by atoms with van der Waals surface area (Å²) in [6.45, 7) is 1.62. The number of methoxy groups -OCH3 is 1. The summed E-state index contributed by atoms with van der Waals surface area (Å²) in [6.07, 6.45) is 3.23. The van der Waals surface area contributed by atoms with Crippen molar-refractivity contribution in [3.8, 4) is 5.75 Å². The molecular weight excluding hydrogens is 593 g/mol. The van der Waals surface area contributed by atoms with E-state index in [1.54, 1.807) is 18.1 Å². The van der Waals surface area contributed by atoms with Gasteiger partial charge in [0.1, 0.15) is 23.7 Å². The number of hydrogen-bond acceptors (Lipinski definition) is 6. The molecule has 4 aromatic rings. The molecule has 234 valence electrons. The summed E-state index contributed by atoms with van der Waals surface area (Å²) in [6, 6.07) is 20.4. The lowest BCUT2D eigenvalue weighted by molar-refractivity contribution is -0.145. The lowest BCUT2D eigenvalue weighted by atomic mass is 9.91. The molecule has 2 amide bonds. The Labute approximate surface area is 266 Å². The van der Waals surface area contributed by atoms with Gasteiger partial charge in [-0.2, -0.15) is 0 Å². The van der Waals surface area contributed by atoms with Crippen molar-refractivity contribution in [1.82, 2.24) is 20.3 Å². The summed E-state index contributed by atoms with van der Waals surface area (Å²) in [5.74, 6) is 0.306. The molecule has 45 heavy (non-hydrogen) atoms. The predicted octanol–water partition coefficient (Wildman–Crippen LogP) is 5.27. The second kappa shape index (κ2) is 13.6. The van der Waals surface area contributed by atoms with Crippen LogP contribution < -0.4 is 15.4 Å². The van der Waals surface area contributed by atoms with E-state index in [4.69, 9.17) is 21.5 Å². The average molecular weight is 630 g/mol. The van der Waals surface area contributed by atoms with Gasteiger partial charge in [-0.05, 0) is 79.9 Å². The first kappa shape index (κ1) is 30.5. The molecule has 2 aliphatic heterocycles. The Morgan fingerprint density at radius 2 is 1.80 bits per heavy atom. The van der Waals surface area contributed by atoms with Gasteiger partial charge < -0.3 is 29.7 Å². The molecule has 0 saturated carbocycles. The summed E-state index contributed by atoms with van der Waals surface area (Å²) in [5, 5.41) is 11.7. The van der Waals surface area contributed by atoms with E-state index in [1.807, 2.05) is 59.5 Å². The Morgan fingerprint density at radius 1 is 1.04 bits per heavy atom. The highest BCUT2D eigenvalue weighted by atomic mass is 32.1. The molecule has 2 aliphatic rings. The monoisotopic (exact) mass is 629 g/mol. The van der Waals surface area contributed by atoms with Crippen molar-refractivity contribution in [1.29, 1.82) is 0 Å². The van der Waals surface area contributed by atoms with Crippen molar-refractivity contribution in [2.75, 3.05) is 32.1 Å². The second-order valence-electron chi connectivity index (χ2n) is 11.6. The molecule has 0 spiro atoms. The Kier molecular flexibility index (Phi) is 9.25. The van der Waals surface area contributed by atoms with Crippen LogP contribution in [0.5, 0.6) is 5.75 Å². The van der Waals surface area contributed by atoms with Crippen LogP contribution in [-0.2, 0) is 16.0 Å². The van der Waals surface area contributed by atoms with E-state index < -0.39 is 12.1 Å². The number of halogens is 1. The molecule has 0 radical (unpaired) electrons. The molecule has 0 bridgehead atoms. The molecule has 2 fully saturated rings. The van der Waals surface area contributed by atoms with E-state index in [0.717, 1.165) is 47.3 Å². The van der Waals surface area contributed by atoms with Crippen LogP contribution in [0, 0.1) is 5.82 Å². The van der Waals surface area contributed by atoms with Crippen molar-refractivity contribution < 1.29 is 23.2 Å². The number of rotatable bonds is 8. The van der Waals surface area contributed by atoms with E-state index in [1.165, 1.54) is 12.1 Å². The van der Waals surface area contributed by atoms with Gasteiger partial charge in [-0.1, -0.05) is 35.5 Å². The average Bonchev–Trinajstić information content (AvgIpc) is 3.72. The van der Waals surface area contributed by atoms with E-state index in [9.17, 15) is 14.0 Å². The van der Waals surface area contributed by atoms with Crippen LogP contribution in [0.2, 0.25) is 0 Å². The molecule has 3 heterocycles. The minimum atomic E-state index is -0.657. The molecule has 2 saturated heterocycles. The number of nitrogens with one attached hydrogen (secondary N) is 2. The number of nitrogens with zero attached hydrogens (tertiary/aromatic N) is 3. The maximum Gasteiger partial charge on any atom is 0.246 e. The molecule has 3 aromatic carbocycles. The highest BCUT2D eigenvalue weighted by Crippen LogP contribution is 2.34. The topological polar surface area (TPSA) is 99.9 Å². The number of ether oxygens (including phenoxy) is 1.